The molecule has 96 valence electrons. The van der Waals surface area contributed by atoms with Crippen molar-refractivity contribution in [2.45, 2.75) is 0 Å². The van der Waals surface area contributed by atoms with Crippen molar-refractivity contribution in [3.63, 3.8) is 0 Å². The van der Waals surface area contributed by atoms with Gasteiger partial charge in [-0.2, -0.15) is 5.10 Å². The van der Waals surface area contributed by atoms with E-state index in [-0.39, 0.29) is 0 Å². The fourth-order valence-corrected chi connectivity index (χ4v) is 2.57. The average Bonchev–Trinajstić information content (AvgIpc) is 2.83. The van der Waals surface area contributed by atoms with Crippen LogP contribution in [0.2, 0.25) is 0 Å². The van der Waals surface area contributed by atoms with Crippen molar-refractivity contribution in [3.8, 4) is 17.0 Å². The first-order valence-electron chi connectivity index (χ1n) is 5.76. The molecule has 3 N–H and O–H groups in total. The van der Waals surface area contributed by atoms with Crippen molar-refractivity contribution in [3.05, 3.63) is 40.9 Å². The van der Waals surface area contributed by atoms with Crippen molar-refractivity contribution in [2.75, 3.05) is 12.8 Å². The summed E-state index contributed by atoms with van der Waals surface area (Å²) < 4.78 is 6.49. The van der Waals surface area contributed by atoms with E-state index in [0.717, 1.165) is 32.3 Å². The van der Waals surface area contributed by atoms with Gasteiger partial charge in [0.05, 0.1) is 12.8 Å². The molecule has 3 rings (SSSR count). The zero-order valence-electron chi connectivity index (χ0n) is 10.3. The predicted molar refractivity (Wildman–Crippen MR) is 80.2 cm³/mol. The Morgan fingerprint density at radius 3 is 2.74 bits per heavy atom. The van der Waals surface area contributed by atoms with Gasteiger partial charge in [-0.25, -0.2) is 0 Å². The Bertz CT molecular complexity index is 752. The number of nitrogens with one attached hydrogen (secondary N) is 1. The lowest BCUT2D eigenvalue weighted by molar-refractivity contribution is 0.417. The monoisotopic (exact) mass is 317 g/mol. The molecule has 0 aliphatic carbocycles. The molecule has 4 nitrogen and oxygen atoms in total. The molecule has 19 heavy (non-hydrogen) atoms. The maximum absolute atomic E-state index is 5.68. The molecule has 1 heterocycles. The average molecular weight is 318 g/mol. The fraction of sp³-hybridized carbons (Fsp3) is 0.0714. The van der Waals surface area contributed by atoms with Crippen LogP contribution in [0.25, 0.3) is 22.0 Å². The zero-order valence-corrected chi connectivity index (χ0v) is 11.9. The van der Waals surface area contributed by atoms with Crippen LogP contribution < -0.4 is 10.5 Å². The number of fused-ring (bicyclic) bond motifs is 1. The van der Waals surface area contributed by atoms with Crippen molar-refractivity contribution in [1.82, 2.24) is 10.2 Å². The number of nitrogens with two attached hydrogens (primary N) is 1. The van der Waals surface area contributed by atoms with Crippen LogP contribution in [0.1, 0.15) is 0 Å². The van der Waals surface area contributed by atoms with E-state index in [2.05, 4.69) is 32.2 Å². The maximum atomic E-state index is 5.68. The van der Waals surface area contributed by atoms with Gasteiger partial charge >= 0.3 is 0 Å². The van der Waals surface area contributed by atoms with E-state index in [4.69, 9.17) is 10.5 Å². The van der Waals surface area contributed by atoms with Crippen molar-refractivity contribution < 1.29 is 4.74 Å². The number of H-pyrrole nitrogens is 1. The number of aromatic nitrogens is 2. The van der Waals surface area contributed by atoms with E-state index < -0.39 is 0 Å². The Balaban J connectivity index is 2.36. The molecule has 0 bridgehead atoms. The molecule has 0 atom stereocenters. The highest BCUT2D eigenvalue weighted by Gasteiger charge is 2.13. The molecule has 0 saturated heterocycles. The van der Waals surface area contributed by atoms with Gasteiger partial charge in [0, 0.05) is 16.1 Å². The maximum Gasteiger partial charge on any atom is 0.145 e. The number of aromatic amines is 1. The summed E-state index contributed by atoms with van der Waals surface area (Å²) in [5.41, 5.74) is 7.50. The molecule has 0 fully saturated rings. The molecule has 0 saturated carbocycles. The van der Waals surface area contributed by atoms with Gasteiger partial charge in [-0.3, -0.25) is 5.10 Å². The molecular formula is C14H12BrN3O. The summed E-state index contributed by atoms with van der Waals surface area (Å²) in [5.74, 6) is 1.25. The van der Waals surface area contributed by atoms with Crippen LogP contribution in [0, 0.1) is 0 Å². The lowest BCUT2D eigenvalue weighted by atomic mass is 10.0. The first-order chi connectivity index (χ1) is 9.19. The van der Waals surface area contributed by atoms with Gasteiger partial charge in [0.25, 0.3) is 0 Å². The molecule has 0 amide bonds. The fourth-order valence-electron chi connectivity index (χ4n) is 2.19. The van der Waals surface area contributed by atoms with Gasteiger partial charge in [0.2, 0.25) is 0 Å². The van der Waals surface area contributed by atoms with Gasteiger partial charge in [0.15, 0.2) is 0 Å². The first kappa shape index (κ1) is 12.0. The molecule has 5 heteroatoms. The Hall–Kier alpha value is -2.01. The van der Waals surface area contributed by atoms with Crippen LogP contribution in [0.15, 0.2) is 40.9 Å². The number of nitrogen functional groups attached to an aromatic ring is 1. The number of halogens is 1. The predicted octanol–water partition coefficient (Wildman–Crippen LogP) is 3.58. The van der Waals surface area contributed by atoms with E-state index in [9.17, 15) is 0 Å². The van der Waals surface area contributed by atoms with Gasteiger partial charge in [-0.1, -0.05) is 28.1 Å². The lowest BCUT2D eigenvalue weighted by Crippen LogP contribution is -1.90. The number of benzene rings is 2. The highest BCUT2D eigenvalue weighted by Crippen LogP contribution is 2.37. The Morgan fingerprint density at radius 1 is 1.21 bits per heavy atom. The van der Waals surface area contributed by atoms with Crippen LogP contribution in [-0.2, 0) is 0 Å². The van der Waals surface area contributed by atoms with Crippen LogP contribution in [0.4, 0.5) is 5.82 Å². The van der Waals surface area contributed by atoms with Gasteiger partial charge in [0.1, 0.15) is 11.6 Å². The number of anilines is 1. The summed E-state index contributed by atoms with van der Waals surface area (Å²) in [4.78, 5) is 0. The molecule has 0 radical (unpaired) electrons. The smallest absolute Gasteiger partial charge is 0.145 e. The van der Waals surface area contributed by atoms with Crippen molar-refractivity contribution in [1.29, 1.82) is 0 Å². The number of hydrogen-bond acceptors (Lipinski definition) is 3. The highest BCUT2D eigenvalue weighted by atomic mass is 79.9. The second-order valence-electron chi connectivity index (χ2n) is 4.21. The molecular weight excluding hydrogens is 306 g/mol. The van der Waals surface area contributed by atoms with Crippen LogP contribution >= 0.6 is 15.9 Å². The van der Waals surface area contributed by atoms with Crippen LogP contribution in [0.5, 0.6) is 5.75 Å². The minimum Gasteiger partial charge on any atom is -0.496 e. The third-order valence-corrected chi connectivity index (χ3v) is 3.52. The minimum absolute atomic E-state index is 0.464. The Labute approximate surface area is 118 Å². The molecule has 3 aromatic rings. The Morgan fingerprint density at radius 2 is 2.05 bits per heavy atom. The largest absolute Gasteiger partial charge is 0.496 e. The minimum atomic E-state index is 0.464. The van der Waals surface area contributed by atoms with Crippen molar-refractivity contribution >= 4 is 32.5 Å². The second kappa shape index (κ2) is 4.59. The quantitative estimate of drug-likeness (QED) is 0.759. The lowest BCUT2D eigenvalue weighted by Gasteiger charge is -2.10. The summed E-state index contributed by atoms with van der Waals surface area (Å²) in [7, 11) is 1.66. The number of ether oxygens (including phenoxy) is 1. The number of hydrogen-bond donors (Lipinski definition) is 2. The molecule has 0 spiro atoms. The summed E-state index contributed by atoms with van der Waals surface area (Å²) >= 11 is 3.48. The normalized spacial score (nSPS) is 10.8. The van der Waals surface area contributed by atoms with E-state index in [1.165, 1.54) is 0 Å². The van der Waals surface area contributed by atoms with E-state index in [1.54, 1.807) is 13.2 Å². The van der Waals surface area contributed by atoms with Gasteiger partial charge in [-0.05, 0) is 29.0 Å². The van der Waals surface area contributed by atoms with Crippen LogP contribution in [0.3, 0.4) is 0 Å². The van der Waals surface area contributed by atoms with Crippen LogP contribution in [-0.4, -0.2) is 17.3 Å². The summed E-state index contributed by atoms with van der Waals surface area (Å²) in [6, 6.07) is 11.9. The van der Waals surface area contributed by atoms with Crippen molar-refractivity contribution in [2.24, 2.45) is 0 Å². The second-order valence-corrected chi connectivity index (χ2v) is 5.13. The summed E-state index contributed by atoms with van der Waals surface area (Å²) in [6.45, 7) is 0. The Kier molecular flexibility index (Phi) is 2.91. The molecule has 0 aliphatic rings. The van der Waals surface area contributed by atoms with Gasteiger partial charge in [-0.15, -0.1) is 0 Å². The topological polar surface area (TPSA) is 63.9 Å². The third-order valence-electron chi connectivity index (χ3n) is 3.03. The standard InChI is InChI=1S/C14H12BrN3O/c1-19-12-5-2-8-6-9(15)3-4-10(8)14(12)11-7-13(16)18-17-11/h2-7H,1H3,(H3,16,17,18). The van der Waals surface area contributed by atoms with E-state index >= 15 is 0 Å². The third kappa shape index (κ3) is 2.06. The summed E-state index contributed by atoms with van der Waals surface area (Å²) in [6.07, 6.45) is 0. The number of nitrogens with zero attached hydrogens (tertiary/aromatic N) is 1. The van der Waals surface area contributed by atoms with Gasteiger partial charge < -0.3 is 10.5 Å². The van der Waals surface area contributed by atoms with E-state index in [1.807, 2.05) is 24.3 Å². The zero-order chi connectivity index (χ0) is 13.4. The molecule has 1 aromatic heterocycles. The molecule has 0 aliphatic heterocycles. The molecule has 0 unspecified atom stereocenters. The van der Waals surface area contributed by atoms with E-state index in [0.29, 0.717) is 5.82 Å². The number of rotatable bonds is 2. The molecule has 2 aromatic carbocycles. The number of methoxy groups -OCH3 is 1. The first-order valence-corrected chi connectivity index (χ1v) is 6.56. The SMILES string of the molecule is COc1ccc2cc(Br)ccc2c1-c1cc(N)n[nH]1. The summed E-state index contributed by atoms with van der Waals surface area (Å²) in [5, 5.41) is 9.13. The highest BCUT2D eigenvalue weighted by molar-refractivity contribution is 9.10.